The zero-order valence-electron chi connectivity index (χ0n) is 56.2. The molecule has 1 unspecified atom stereocenters. The maximum atomic E-state index is 12.7. The third-order valence-corrected chi connectivity index (χ3v) is 20.2. The number of aromatic nitrogens is 12. The molecule has 12 aromatic rings. The molecule has 4 aromatic carbocycles. The summed E-state index contributed by atoms with van der Waals surface area (Å²) in [6.07, 6.45) is 6.95. The quantitative estimate of drug-likeness (QED) is 0.0551. The molecule has 0 amide bonds. The SMILES string of the molecule is COc1ccc2nc(S(=O)Cc3ncc(C)c(OC)c3C)[nH]c2c1.COc1ccc2nc([S@@](=O)Cc3ncc(C)c(OC)c3C)[nH]c2c1.COc1ccc2nc([S@](=O)Cc3ncc(C)c(OC)c3C)[nH]c2c1.COc1ccc2nc([S@](=O)Cc3ncc(C)c(OC)c3C)[nH]c2c1. The van der Waals surface area contributed by atoms with E-state index in [2.05, 4.69) is 59.8 Å². The maximum absolute atomic E-state index is 12.7. The van der Waals surface area contributed by atoms with Crippen molar-refractivity contribution in [1.29, 1.82) is 0 Å². The van der Waals surface area contributed by atoms with Crippen LogP contribution < -0.4 is 37.9 Å². The van der Waals surface area contributed by atoms with Gasteiger partial charge in [-0.25, -0.2) is 19.9 Å². The van der Waals surface area contributed by atoms with E-state index in [0.717, 1.165) is 157 Å². The smallest absolute Gasteiger partial charge is 0.197 e. The predicted molar refractivity (Wildman–Crippen MR) is 372 cm³/mol. The monoisotopic (exact) mass is 1380 g/mol. The molecular formula is C68H76N12O12S4. The van der Waals surface area contributed by atoms with Gasteiger partial charge >= 0.3 is 0 Å². The number of benzene rings is 4. The molecule has 0 aliphatic rings. The van der Waals surface area contributed by atoms with Crippen molar-refractivity contribution in [1.82, 2.24) is 59.8 Å². The molecule has 8 heterocycles. The molecule has 24 nitrogen and oxygen atoms in total. The summed E-state index contributed by atoms with van der Waals surface area (Å²) in [7, 11) is 7.63. The molecule has 96 heavy (non-hydrogen) atoms. The average Bonchev–Trinajstić information content (AvgIpc) is 1.74. The highest BCUT2D eigenvalue weighted by atomic mass is 32.2. The number of hydrogen-bond donors (Lipinski definition) is 4. The number of methoxy groups -OCH3 is 8. The summed E-state index contributed by atoms with van der Waals surface area (Å²) < 4.78 is 93.1. The number of pyridine rings is 4. The van der Waals surface area contributed by atoms with Crippen LogP contribution in [-0.2, 0) is 66.2 Å². The fourth-order valence-corrected chi connectivity index (χ4v) is 14.8. The molecule has 0 spiro atoms. The molecule has 4 N–H and O–H groups in total. The summed E-state index contributed by atoms with van der Waals surface area (Å²) in [5.41, 5.74) is 16.6. The molecular weight excluding hydrogens is 1310 g/mol. The number of aromatic amines is 4. The van der Waals surface area contributed by atoms with E-state index in [1.165, 1.54) is 0 Å². The number of nitrogens with zero attached hydrogens (tertiary/aromatic N) is 8. The molecule has 0 bridgehead atoms. The summed E-state index contributed by atoms with van der Waals surface area (Å²) >= 11 is 0. The third kappa shape index (κ3) is 16.2. The summed E-state index contributed by atoms with van der Waals surface area (Å²) in [5, 5.41) is 1.72. The first kappa shape index (κ1) is 70.7. The van der Waals surface area contributed by atoms with Gasteiger partial charge in [0, 0.05) is 93.6 Å². The highest BCUT2D eigenvalue weighted by molar-refractivity contribution is 7.84. The normalized spacial score (nSPS) is 12.3. The van der Waals surface area contributed by atoms with Crippen LogP contribution in [0.3, 0.4) is 0 Å². The van der Waals surface area contributed by atoms with Gasteiger partial charge < -0.3 is 57.8 Å². The lowest BCUT2D eigenvalue weighted by molar-refractivity contribution is 0.407. The minimum atomic E-state index is -1.33. The standard InChI is InChI=1S/4C17H19N3O3S/c4*1-10-8-18-15(11(2)16(10)23-4)9-24(21)17-19-13-6-5-12(22-3)7-14(13)20-17/h4*5-8H,9H2,1-4H3,(H,19,20)/t3*24-;/m110./s1. The number of H-pyrrole nitrogens is 4. The van der Waals surface area contributed by atoms with Crippen molar-refractivity contribution >= 4 is 87.3 Å². The first-order valence-electron chi connectivity index (χ1n) is 29.8. The van der Waals surface area contributed by atoms with Crippen molar-refractivity contribution < 1.29 is 54.7 Å². The highest BCUT2D eigenvalue weighted by Crippen LogP contribution is 2.32. The van der Waals surface area contributed by atoms with Crippen LogP contribution in [0.1, 0.15) is 67.3 Å². The third-order valence-electron chi connectivity index (χ3n) is 15.6. The number of hydrogen-bond acceptors (Lipinski definition) is 20. The van der Waals surface area contributed by atoms with Gasteiger partial charge in [-0.3, -0.25) is 36.8 Å². The van der Waals surface area contributed by atoms with Crippen LogP contribution in [0.15, 0.2) is 118 Å². The largest absolute Gasteiger partial charge is 0.497 e. The lowest BCUT2D eigenvalue weighted by Crippen LogP contribution is -2.05. The van der Waals surface area contributed by atoms with Crippen molar-refractivity contribution in [2.45, 2.75) is 99.0 Å². The van der Waals surface area contributed by atoms with Crippen molar-refractivity contribution in [3.8, 4) is 46.0 Å². The first-order valence-corrected chi connectivity index (χ1v) is 35.0. The minimum Gasteiger partial charge on any atom is -0.497 e. The van der Waals surface area contributed by atoms with E-state index < -0.39 is 43.2 Å². The Morgan fingerprint density at radius 1 is 0.302 bits per heavy atom. The highest BCUT2D eigenvalue weighted by Gasteiger charge is 2.21. The topological polar surface area (TPSA) is 308 Å². The Bertz CT molecular complexity index is 4290. The van der Waals surface area contributed by atoms with Gasteiger partial charge in [-0.2, -0.15) is 0 Å². The number of rotatable bonds is 20. The molecule has 8 aromatic heterocycles. The van der Waals surface area contributed by atoms with Crippen LogP contribution in [0.25, 0.3) is 44.1 Å². The van der Waals surface area contributed by atoms with Crippen LogP contribution in [-0.4, -0.2) is 134 Å². The van der Waals surface area contributed by atoms with Gasteiger partial charge in [-0.05, 0) is 104 Å². The summed E-state index contributed by atoms with van der Waals surface area (Å²) in [4.78, 5) is 47.6. The molecule has 0 fully saturated rings. The zero-order chi connectivity index (χ0) is 69.1. The Balaban J connectivity index is 0.000000150. The average molecular weight is 1380 g/mol. The minimum absolute atomic E-state index is 0.277. The molecule has 12 rings (SSSR count). The lowest BCUT2D eigenvalue weighted by atomic mass is 10.1. The van der Waals surface area contributed by atoms with Gasteiger partial charge in [0.2, 0.25) is 0 Å². The summed E-state index contributed by atoms with van der Waals surface area (Å²) in [6, 6.07) is 22.0. The predicted octanol–water partition coefficient (Wildman–Crippen LogP) is 11.6. The maximum Gasteiger partial charge on any atom is 0.197 e. The molecule has 0 saturated heterocycles. The van der Waals surface area contributed by atoms with Gasteiger partial charge in [-0.15, -0.1) is 0 Å². The van der Waals surface area contributed by atoms with Gasteiger partial charge in [0.15, 0.2) is 20.6 Å². The molecule has 0 aliphatic carbocycles. The van der Waals surface area contributed by atoms with E-state index in [9.17, 15) is 16.8 Å². The van der Waals surface area contributed by atoms with Gasteiger partial charge in [0.05, 0.1) is 190 Å². The zero-order valence-corrected chi connectivity index (χ0v) is 59.4. The Kier molecular flexibility index (Phi) is 23.4. The van der Waals surface area contributed by atoms with E-state index in [-0.39, 0.29) is 23.0 Å². The molecule has 0 aliphatic heterocycles. The number of aryl methyl sites for hydroxylation is 4. The number of nitrogens with one attached hydrogen (secondary N) is 4. The van der Waals surface area contributed by atoms with Crippen molar-refractivity contribution in [2.24, 2.45) is 0 Å². The van der Waals surface area contributed by atoms with Crippen LogP contribution in [0.5, 0.6) is 46.0 Å². The number of imidazole rings is 4. The second kappa shape index (κ2) is 31.7. The van der Waals surface area contributed by atoms with Crippen LogP contribution >= 0.6 is 0 Å². The van der Waals surface area contributed by atoms with Gasteiger partial charge in [-0.1, -0.05) is 0 Å². The summed E-state index contributed by atoms with van der Waals surface area (Å²) in [5.74, 6) is 7.15. The first-order chi connectivity index (χ1) is 46.1. The molecule has 4 atom stereocenters. The van der Waals surface area contributed by atoms with Crippen LogP contribution in [0, 0.1) is 55.4 Å². The van der Waals surface area contributed by atoms with E-state index in [0.29, 0.717) is 20.6 Å². The van der Waals surface area contributed by atoms with E-state index >= 15 is 0 Å². The number of ether oxygens (including phenoxy) is 8. The fourth-order valence-electron chi connectivity index (χ4n) is 10.4. The second-order valence-electron chi connectivity index (χ2n) is 21.8. The second-order valence-corrected chi connectivity index (χ2v) is 27.3. The van der Waals surface area contributed by atoms with E-state index in [1.807, 2.05) is 128 Å². The Labute approximate surface area is 565 Å². The lowest BCUT2D eigenvalue weighted by Gasteiger charge is -2.11. The van der Waals surface area contributed by atoms with E-state index in [4.69, 9.17) is 37.9 Å². The molecule has 28 heteroatoms. The molecule has 504 valence electrons. The van der Waals surface area contributed by atoms with Crippen molar-refractivity contribution in [3.63, 3.8) is 0 Å². The Morgan fingerprint density at radius 2 is 0.500 bits per heavy atom. The Morgan fingerprint density at radius 3 is 0.677 bits per heavy atom. The van der Waals surface area contributed by atoms with Crippen LogP contribution in [0.4, 0.5) is 0 Å². The van der Waals surface area contributed by atoms with Gasteiger partial charge in [0.25, 0.3) is 0 Å². The van der Waals surface area contributed by atoms with E-state index in [1.54, 1.807) is 81.7 Å². The number of fused-ring (bicyclic) bond motifs is 4. The summed E-state index contributed by atoms with van der Waals surface area (Å²) in [6.45, 7) is 15.4. The fraction of sp³-hybridized carbons (Fsp3) is 0.294. The van der Waals surface area contributed by atoms with Crippen molar-refractivity contribution in [3.05, 3.63) is 165 Å². The van der Waals surface area contributed by atoms with Gasteiger partial charge in [0.1, 0.15) is 46.0 Å². The van der Waals surface area contributed by atoms with Crippen LogP contribution in [0.2, 0.25) is 0 Å². The molecule has 0 saturated carbocycles. The van der Waals surface area contributed by atoms with Crippen molar-refractivity contribution in [2.75, 3.05) is 56.9 Å². The molecule has 0 radical (unpaired) electrons. The Hall–Kier alpha value is -9.64.